The molecule has 0 atom stereocenters. The van der Waals surface area contributed by atoms with Gasteiger partial charge < -0.3 is 19.8 Å². The maximum absolute atomic E-state index is 5.38. The first-order valence-corrected chi connectivity index (χ1v) is 4.96. The van der Waals surface area contributed by atoms with Crippen LogP contribution in [-0.4, -0.2) is 37.5 Å². The van der Waals surface area contributed by atoms with E-state index in [2.05, 4.69) is 16.4 Å². The summed E-state index contributed by atoms with van der Waals surface area (Å²) in [6.07, 6.45) is 1.93. The van der Waals surface area contributed by atoms with Crippen LogP contribution >= 0.6 is 0 Å². The van der Waals surface area contributed by atoms with E-state index in [4.69, 9.17) is 9.47 Å². The zero-order valence-electron chi connectivity index (χ0n) is 8.16. The smallest absolute Gasteiger partial charge is 0.0701 e. The van der Waals surface area contributed by atoms with Crippen molar-refractivity contribution in [1.82, 2.24) is 10.3 Å². The van der Waals surface area contributed by atoms with Crippen molar-refractivity contribution in [3.05, 3.63) is 24.0 Å². The third kappa shape index (κ3) is 2.83. The van der Waals surface area contributed by atoms with Gasteiger partial charge in [0.2, 0.25) is 0 Å². The van der Waals surface area contributed by atoms with Gasteiger partial charge in [-0.2, -0.15) is 0 Å². The molecule has 0 aromatic carbocycles. The number of aromatic amines is 1. The van der Waals surface area contributed by atoms with Crippen molar-refractivity contribution < 1.29 is 9.47 Å². The molecule has 2 rings (SSSR count). The maximum Gasteiger partial charge on any atom is 0.0701 e. The monoisotopic (exact) mass is 196 g/mol. The van der Waals surface area contributed by atoms with Crippen LogP contribution in [0.5, 0.6) is 0 Å². The third-order valence-electron chi connectivity index (χ3n) is 2.25. The fraction of sp³-hybridized carbons (Fsp3) is 0.600. The van der Waals surface area contributed by atoms with Crippen molar-refractivity contribution in [1.29, 1.82) is 0 Å². The van der Waals surface area contributed by atoms with Crippen LogP contribution < -0.4 is 5.32 Å². The molecule has 14 heavy (non-hydrogen) atoms. The largest absolute Gasteiger partial charge is 0.377 e. The maximum atomic E-state index is 5.38. The summed E-state index contributed by atoms with van der Waals surface area (Å²) in [5, 5.41) is 3.38. The van der Waals surface area contributed by atoms with Gasteiger partial charge in [-0.05, 0) is 12.1 Å². The van der Waals surface area contributed by atoms with Crippen LogP contribution in [0.15, 0.2) is 18.3 Å². The zero-order chi connectivity index (χ0) is 9.64. The lowest BCUT2D eigenvalue weighted by Gasteiger charge is -2.14. The van der Waals surface area contributed by atoms with Crippen LogP contribution in [0.2, 0.25) is 0 Å². The molecule has 2 heterocycles. The van der Waals surface area contributed by atoms with Crippen molar-refractivity contribution in [2.24, 2.45) is 0 Å². The molecular formula is C10H16N2O2. The van der Waals surface area contributed by atoms with Gasteiger partial charge in [-0.1, -0.05) is 0 Å². The van der Waals surface area contributed by atoms with Gasteiger partial charge in [-0.25, -0.2) is 0 Å². The van der Waals surface area contributed by atoms with E-state index in [1.807, 2.05) is 12.3 Å². The number of nitrogens with one attached hydrogen (secondary N) is 2. The molecule has 1 aliphatic rings. The predicted octanol–water partition coefficient (Wildman–Crippen LogP) is 0.520. The number of hydrogen-bond donors (Lipinski definition) is 2. The Balaban J connectivity index is 1.73. The Bertz CT molecular complexity index is 241. The van der Waals surface area contributed by atoms with Crippen LogP contribution in [0.1, 0.15) is 5.69 Å². The summed E-state index contributed by atoms with van der Waals surface area (Å²) < 4.78 is 10.8. The highest BCUT2D eigenvalue weighted by Gasteiger charge is 2.11. The fourth-order valence-corrected chi connectivity index (χ4v) is 1.47. The van der Waals surface area contributed by atoms with Crippen LogP contribution in [-0.2, 0) is 16.0 Å². The molecule has 1 aromatic rings. The van der Waals surface area contributed by atoms with Gasteiger partial charge in [0, 0.05) is 18.4 Å². The minimum absolute atomic E-state index is 0.306. The summed E-state index contributed by atoms with van der Waals surface area (Å²) in [4.78, 5) is 3.15. The van der Waals surface area contributed by atoms with Gasteiger partial charge >= 0.3 is 0 Å². The lowest BCUT2D eigenvalue weighted by atomic mass is 10.3. The topological polar surface area (TPSA) is 46.3 Å². The van der Waals surface area contributed by atoms with E-state index in [0.717, 1.165) is 19.8 Å². The van der Waals surface area contributed by atoms with E-state index in [0.29, 0.717) is 19.3 Å². The molecule has 1 aromatic heterocycles. The summed E-state index contributed by atoms with van der Waals surface area (Å²) in [5.41, 5.74) is 1.19. The Morgan fingerprint density at radius 2 is 2.14 bits per heavy atom. The lowest BCUT2D eigenvalue weighted by Crippen LogP contribution is -2.35. The Morgan fingerprint density at radius 1 is 1.36 bits per heavy atom. The van der Waals surface area contributed by atoms with E-state index in [-0.39, 0.29) is 0 Å². The highest BCUT2D eigenvalue weighted by Crippen LogP contribution is 1.98. The molecule has 4 nitrogen and oxygen atoms in total. The minimum Gasteiger partial charge on any atom is -0.377 e. The molecule has 0 unspecified atom stereocenters. The van der Waals surface area contributed by atoms with E-state index in [1.54, 1.807) is 0 Å². The van der Waals surface area contributed by atoms with Gasteiger partial charge in [0.25, 0.3) is 0 Å². The number of ether oxygens (including phenoxy) is 2. The summed E-state index contributed by atoms with van der Waals surface area (Å²) in [6, 6.07) is 4.36. The van der Waals surface area contributed by atoms with Crippen molar-refractivity contribution in [2.75, 3.05) is 26.4 Å². The van der Waals surface area contributed by atoms with Gasteiger partial charge in [-0.3, -0.25) is 0 Å². The summed E-state index contributed by atoms with van der Waals surface area (Å²) in [6.45, 7) is 3.73. The molecular weight excluding hydrogens is 180 g/mol. The van der Waals surface area contributed by atoms with E-state index >= 15 is 0 Å². The molecule has 4 heteroatoms. The molecule has 1 fully saturated rings. The highest BCUT2D eigenvalue weighted by molar-refractivity contribution is 5.03. The molecule has 1 saturated heterocycles. The van der Waals surface area contributed by atoms with Crippen LogP contribution in [0.3, 0.4) is 0 Å². The van der Waals surface area contributed by atoms with Gasteiger partial charge in [0.05, 0.1) is 32.5 Å². The molecule has 0 spiro atoms. The molecule has 0 radical (unpaired) electrons. The first kappa shape index (κ1) is 9.71. The Hall–Kier alpha value is -0.840. The number of hydrogen-bond acceptors (Lipinski definition) is 3. The molecule has 0 saturated carbocycles. The SMILES string of the molecule is c1c[nH]c(CNC2COCCOC2)c1. The number of rotatable bonds is 3. The van der Waals surface area contributed by atoms with Crippen LogP contribution in [0.25, 0.3) is 0 Å². The van der Waals surface area contributed by atoms with Crippen LogP contribution in [0, 0.1) is 0 Å². The first-order chi connectivity index (χ1) is 6.95. The molecule has 2 N–H and O–H groups in total. The summed E-state index contributed by atoms with van der Waals surface area (Å²) in [5.74, 6) is 0. The first-order valence-electron chi connectivity index (χ1n) is 4.96. The quantitative estimate of drug-likeness (QED) is 0.741. The standard InChI is InChI=1S/C10H16N2O2/c1-2-9(11-3-1)6-12-10-7-13-4-5-14-8-10/h1-3,10-12H,4-8H2. The lowest BCUT2D eigenvalue weighted by molar-refractivity contribution is 0.103. The third-order valence-corrected chi connectivity index (χ3v) is 2.25. The fourth-order valence-electron chi connectivity index (χ4n) is 1.47. The molecule has 0 aliphatic carbocycles. The normalized spacial score (nSPS) is 19.4. The Kier molecular flexibility index (Phi) is 3.57. The zero-order valence-corrected chi connectivity index (χ0v) is 8.16. The molecule has 78 valence electrons. The van der Waals surface area contributed by atoms with Gasteiger partial charge in [-0.15, -0.1) is 0 Å². The number of H-pyrrole nitrogens is 1. The highest BCUT2D eigenvalue weighted by atomic mass is 16.5. The number of aromatic nitrogens is 1. The average Bonchev–Trinajstić information content (AvgIpc) is 2.58. The summed E-state index contributed by atoms with van der Waals surface area (Å²) in [7, 11) is 0. The second kappa shape index (κ2) is 5.14. The molecule has 1 aliphatic heterocycles. The molecule has 0 amide bonds. The molecule has 0 bridgehead atoms. The van der Waals surface area contributed by atoms with Crippen molar-refractivity contribution in [3.8, 4) is 0 Å². The Morgan fingerprint density at radius 3 is 2.79 bits per heavy atom. The summed E-state index contributed by atoms with van der Waals surface area (Å²) >= 11 is 0. The van der Waals surface area contributed by atoms with Crippen LogP contribution in [0.4, 0.5) is 0 Å². The van der Waals surface area contributed by atoms with Gasteiger partial charge in [0.1, 0.15) is 0 Å². The van der Waals surface area contributed by atoms with Gasteiger partial charge in [0.15, 0.2) is 0 Å². The van der Waals surface area contributed by atoms with Crippen molar-refractivity contribution >= 4 is 0 Å². The van der Waals surface area contributed by atoms with E-state index in [9.17, 15) is 0 Å². The van der Waals surface area contributed by atoms with Crippen molar-refractivity contribution in [3.63, 3.8) is 0 Å². The van der Waals surface area contributed by atoms with Crippen molar-refractivity contribution in [2.45, 2.75) is 12.6 Å². The average molecular weight is 196 g/mol. The minimum atomic E-state index is 0.306. The second-order valence-electron chi connectivity index (χ2n) is 3.42. The van der Waals surface area contributed by atoms with E-state index in [1.165, 1.54) is 5.69 Å². The Labute approximate surface area is 83.6 Å². The predicted molar refractivity (Wildman–Crippen MR) is 53.1 cm³/mol. The second-order valence-corrected chi connectivity index (χ2v) is 3.42. The van der Waals surface area contributed by atoms with E-state index < -0.39 is 0 Å².